The Morgan fingerprint density at radius 1 is 1.38 bits per heavy atom. The third kappa shape index (κ3) is 3.06. The topological polar surface area (TPSA) is 96.8 Å². The molecule has 0 fully saturated rings. The van der Waals surface area contributed by atoms with E-state index in [4.69, 9.17) is 0 Å². The van der Waals surface area contributed by atoms with Gasteiger partial charge in [0, 0.05) is 7.05 Å². The van der Waals surface area contributed by atoms with Gasteiger partial charge >= 0.3 is 5.69 Å². The van der Waals surface area contributed by atoms with E-state index in [1.165, 1.54) is 11.6 Å². The molecule has 0 radical (unpaired) electrons. The molecule has 1 atom stereocenters. The van der Waals surface area contributed by atoms with Crippen molar-refractivity contribution in [3.8, 4) is 0 Å². The van der Waals surface area contributed by atoms with Crippen LogP contribution < -0.4 is 10.4 Å². The molecule has 8 heteroatoms. The summed E-state index contributed by atoms with van der Waals surface area (Å²) in [6.45, 7) is 3.54. The average molecular weight is 310 g/mol. The molecule has 0 amide bonds. The number of sulfonamides is 1. The van der Waals surface area contributed by atoms with Gasteiger partial charge in [0.15, 0.2) is 5.82 Å². The molecule has 0 spiro atoms. The van der Waals surface area contributed by atoms with E-state index in [1.807, 2.05) is 6.92 Å². The van der Waals surface area contributed by atoms with Crippen molar-refractivity contribution in [1.82, 2.24) is 19.5 Å². The van der Waals surface area contributed by atoms with Crippen LogP contribution in [-0.4, -0.2) is 23.2 Å². The zero-order chi connectivity index (χ0) is 15.6. The molecular weight excluding hydrogens is 292 g/mol. The van der Waals surface area contributed by atoms with E-state index >= 15 is 0 Å². The molecule has 1 aromatic carbocycles. The molecule has 0 aliphatic heterocycles. The van der Waals surface area contributed by atoms with E-state index in [0.717, 1.165) is 5.56 Å². The SMILES string of the molecule is CCc1ccccc1S(=O)(=O)NC(C)c1n[nH]c(=O)n1C. The smallest absolute Gasteiger partial charge is 0.281 e. The molecule has 0 aliphatic carbocycles. The van der Waals surface area contributed by atoms with E-state index < -0.39 is 16.1 Å². The molecule has 2 N–H and O–H groups in total. The van der Waals surface area contributed by atoms with Gasteiger partial charge in [0.2, 0.25) is 10.0 Å². The van der Waals surface area contributed by atoms with E-state index in [-0.39, 0.29) is 10.6 Å². The number of aromatic amines is 1. The summed E-state index contributed by atoms with van der Waals surface area (Å²) in [5.41, 5.74) is 0.359. The van der Waals surface area contributed by atoms with Crippen molar-refractivity contribution in [2.24, 2.45) is 7.05 Å². The van der Waals surface area contributed by atoms with Crippen molar-refractivity contribution < 1.29 is 8.42 Å². The first-order valence-corrected chi connectivity index (χ1v) is 8.06. The van der Waals surface area contributed by atoms with Gasteiger partial charge in [0.05, 0.1) is 10.9 Å². The quantitative estimate of drug-likeness (QED) is 0.850. The summed E-state index contributed by atoms with van der Waals surface area (Å²) in [4.78, 5) is 11.6. The van der Waals surface area contributed by atoms with Gasteiger partial charge in [-0.2, -0.15) is 5.10 Å². The van der Waals surface area contributed by atoms with E-state index in [1.54, 1.807) is 31.2 Å². The molecule has 0 aliphatic rings. The van der Waals surface area contributed by atoms with Gasteiger partial charge in [-0.3, -0.25) is 4.57 Å². The van der Waals surface area contributed by atoms with Gasteiger partial charge in [-0.15, -0.1) is 0 Å². The number of nitrogens with zero attached hydrogens (tertiary/aromatic N) is 2. The molecule has 0 bridgehead atoms. The lowest BCUT2D eigenvalue weighted by Gasteiger charge is -2.15. The van der Waals surface area contributed by atoms with Crippen LogP contribution in [0.2, 0.25) is 0 Å². The van der Waals surface area contributed by atoms with Crippen LogP contribution in [0.4, 0.5) is 0 Å². The van der Waals surface area contributed by atoms with Crippen LogP contribution in [0.25, 0.3) is 0 Å². The van der Waals surface area contributed by atoms with Gasteiger partial charge in [-0.05, 0) is 25.0 Å². The molecular formula is C13H18N4O3S. The van der Waals surface area contributed by atoms with Gasteiger partial charge < -0.3 is 0 Å². The van der Waals surface area contributed by atoms with Crippen LogP contribution in [-0.2, 0) is 23.5 Å². The minimum atomic E-state index is -3.68. The Labute approximate surface area is 123 Å². The maximum absolute atomic E-state index is 12.5. The molecule has 114 valence electrons. The Hall–Kier alpha value is -1.93. The Morgan fingerprint density at radius 2 is 2.05 bits per heavy atom. The molecule has 1 aromatic heterocycles. The zero-order valence-corrected chi connectivity index (χ0v) is 12.9. The largest absolute Gasteiger partial charge is 0.343 e. The average Bonchev–Trinajstić information content (AvgIpc) is 2.78. The molecule has 7 nitrogen and oxygen atoms in total. The maximum atomic E-state index is 12.5. The third-order valence-electron chi connectivity index (χ3n) is 3.28. The minimum Gasteiger partial charge on any atom is -0.281 e. The summed E-state index contributed by atoms with van der Waals surface area (Å²) < 4.78 is 28.8. The Kier molecular flexibility index (Phi) is 4.29. The van der Waals surface area contributed by atoms with Gasteiger partial charge in [0.25, 0.3) is 0 Å². The van der Waals surface area contributed by atoms with E-state index in [0.29, 0.717) is 12.2 Å². The van der Waals surface area contributed by atoms with Crippen molar-refractivity contribution in [3.05, 3.63) is 46.1 Å². The van der Waals surface area contributed by atoms with Crippen LogP contribution in [0, 0.1) is 0 Å². The van der Waals surface area contributed by atoms with Crippen molar-refractivity contribution in [2.75, 3.05) is 0 Å². The highest BCUT2D eigenvalue weighted by atomic mass is 32.2. The molecule has 1 heterocycles. The monoisotopic (exact) mass is 310 g/mol. The fourth-order valence-corrected chi connectivity index (χ4v) is 3.67. The summed E-state index contributed by atoms with van der Waals surface area (Å²) in [5, 5.41) is 6.12. The molecule has 0 saturated heterocycles. The van der Waals surface area contributed by atoms with Gasteiger partial charge in [-0.1, -0.05) is 25.1 Å². The highest BCUT2D eigenvalue weighted by Gasteiger charge is 2.23. The van der Waals surface area contributed by atoms with Crippen LogP contribution in [0.3, 0.4) is 0 Å². The molecule has 21 heavy (non-hydrogen) atoms. The zero-order valence-electron chi connectivity index (χ0n) is 12.1. The Balaban J connectivity index is 2.33. The van der Waals surface area contributed by atoms with Crippen LogP contribution in [0.1, 0.15) is 31.3 Å². The summed E-state index contributed by atoms with van der Waals surface area (Å²) >= 11 is 0. The number of aryl methyl sites for hydroxylation is 1. The fourth-order valence-electron chi connectivity index (χ4n) is 2.15. The lowest BCUT2D eigenvalue weighted by molar-refractivity contribution is 0.551. The van der Waals surface area contributed by atoms with Crippen molar-refractivity contribution >= 4 is 10.0 Å². The predicted molar refractivity (Wildman–Crippen MR) is 78.4 cm³/mol. The Morgan fingerprint density at radius 3 is 2.62 bits per heavy atom. The fraction of sp³-hybridized carbons (Fsp3) is 0.385. The standard InChI is InChI=1S/C13H18N4O3S/c1-4-10-7-5-6-8-11(10)21(19,20)16-9(2)12-14-15-13(18)17(12)3/h5-9,16H,4H2,1-3H3,(H,15,18). The van der Waals surface area contributed by atoms with Crippen LogP contribution in [0.5, 0.6) is 0 Å². The second-order valence-electron chi connectivity index (χ2n) is 4.75. The third-order valence-corrected chi connectivity index (χ3v) is 4.92. The van der Waals surface area contributed by atoms with Crippen molar-refractivity contribution in [3.63, 3.8) is 0 Å². The number of H-pyrrole nitrogens is 1. The number of aromatic nitrogens is 3. The number of hydrogen-bond acceptors (Lipinski definition) is 4. The molecule has 2 rings (SSSR count). The van der Waals surface area contributed by atoms with Gasteiger partial charge in [-0.25, -0.2) is 23.0 Å². The number of benzene rings is 1. The number of hydrogen-bond donors (Lipinski definition) is 2. The highest BCUT2D eigenvalue weighted by molar-refractivity contribution is 7.89. The minimum absolute atomic E-state index is 0.250. The second-order valence-corrected chi connectivity index (χ2v) is 6.43. The Bertz CT molecular complexity index is 792. The summed E-state index contributed by atoms with van der Waals surface area (Å²) in [6, 6.07) is 6.21. The van der Waals surface area contributed by atoms with Crippen molar-refractivity contribution in [2.45, 2.75) is 31.2 Å². The molecule has 1 unspecified atom stereocenters. The molecule has 0 saturated carbocycles. The molecule has 2 aromatic rings. The second kappa shape index (κ2) is 5.82. The first kappa shape index (κ1) is 15.5. The normalized spacial score (nSPS) is 13.3. The first-order valence-electron chi connectivity index (χ1n) is 6.58. The van der Waals surface area contributed by atoms with Crippen molar-refractivity contribution in [1.29, 1.82) is 0 Å². The summed E-state index contributed by atoms with van der Waals surface area (Å²) in [7, 11) is -2.14. The highest BCUT2D eigenvalue weighted by Crippen LogP contribution is 2.18. The first-order chi connectivity index (χ1) is 9.86. The summed E-state index contributed by atoms with van der Waals surface area (Å²) in [6.07, 6.45) is 0.617. The summed E-state index contributed by atoms with van der Waals surface area (Å²) in [5.74, 6) is 0.331. The lowest BCUT2D eigenvalue weighted by atomic mass is 10.2. The van der Waals surface area contributed by atoms with E-state index in [2.05, 4.69) is 14.9 Å². The van der Waals surface area contributed by atoms with E-state index in [9.17, 15) is 13.2 Å². The number of nitrogens with one attached hydrogen (secondary N) is 2. The lowest BCUT2D eigenvalue weighted by Crippen LogP contribution is -2.30. The predicted octanol–water partition coefficient (Wildman–Crippen LogP) is 0.710. The van der Waals surface area contributed by atoms with Crippen LogP contribution in [0.15, 0.2) is 34.0 Å². The van der Waals surface area contributed by atoms with Gasteiger partial charge in [0.1, 0.15) is 0 Å². The number of rotatable bonds is 5. The van der Waals surface area contributed by atoms with Crippen LogP contribution >= 0.6 is 0 Å². The maximum Gasteiger partial charge on any atom is 0.343 e.